The molecule has 1 aromatic carbocycles. The van der Waals surface area contributed by atoms with Crippen LogP contribution >= 0.6 is 0 Å². The molecule has 0 saturated heterocycles. The zero-order valence-electron chi connectivity index (χ0n) is 10.0. The van der Waals surface area contributed by atoms with Crippen LogP contribution in [0.5, 0.6) is 0 Å². The fourth-order valence-corrected chi connectivity index (χ4v) is 1.90. The summed E-state index contributed by atoms with van der Waals surface area (Å²) in [6, 6.07) is 6.78. The molecule has 3 nitrogen and oxygen atoms in total. The van der Waals surface area contributed by atoms with Gasteiger partial charge < -0.3 is 9.88 Å². The first kappa shape index (κ1) is 11.8. The Morgan fingerprint density at radius 2 is 2.18 bits per heavy atom. The first-order valence-electron chi connectivity index (χ1n) is 5.60. The monoisotopic (exact) mass is 233 g/mol. The Balaban J connectivity index is 2.23. The van der Waals surface area contributed by atoms with Crippen molar-refractivity contribution in [1.82, 2.24) is 14.9 Å². The molecular formula is C13H16FN3. The predicted octanol–water partition coefficient (Wildman–Crippen LogP) is 2.06. The fourth-order valence-electron chi connectivity index (χ4n) is 1.90. The molecule has 0 aliphatic carbocycles. The average Bonchev–Trinajstić information content (AvgIpc) is 2.73. The van der Waals surface area contributed by atoms with Crippen molar-refractivity contribution in [3.63, 3.8) is 0 Å². The van der Waals surface area contributed by atoms with E-state index in [1.807, 2.05) is 30.9 Å². The van der Waals surface area contributed by atoms with Crippen LogP contribution in [0.25, 0.3) is 0 Å². The molecule has 2 rings (SSSR count). The van der Waals surface area contributed by atoms with Gasteiger partial charge in [0.1, 0.15) is 11.6 Å². The van der Waals surface area contributed by atoms with E-state index in [1.165, 1.54) is 6.07 Å². The van der Waals surface area contributed by atoms with Gasteiger partial charge in [0.05, 0.1) is 0 Å². The quantitative estimate of drug-likeness (QED) is 0.876. The van der Waals surface area contributed by atoms with Crippen LogP contribution in [0.4, 0.5) is 4.39 Å². The van der Waals surface area contributed by atoms with Gasteiger partial charge in [-0.1, -0.05) is 18.2 Å². The van der Waals surface area contributed by atoms with E-state index in [4.69, 9.17) is 0 Å². The molecule has 17 heavy (non-hydrogen) atoms. The molecule has 0 fully saturated rings. The molecule has 0 bridgehead atoms. The molecule has 0 saturated carbocycles. The van der Waals surface area contributed by atoms with Crippen LogP contribution in [0, 0.1) is 5.82 Å². The molecule has 0 aliphatic heterocycles. The minimum atomic E-state index is -0.180. The Morgan fingerprint density at radius 1 is 1.41 bits per heavy atom. The number of imidazole rings is 1. The van der Waals surface area contributed by atoms with E-state index in [0.717, 1.165) is 5.82 Å². The second-order valence-electron chi connectivity index (χ2n) is 4.02. The lowest BCUT2D eigenvalue weighted by atomic mass is 10.0. The minimum absolute atomic E-state index is 0.0581. The molecule has 0 radical (unpaired) electrons. The molecule has 90 valence electrons. The Labute approximate surface area is 100 Å². The highest BCUT2D eigenvalue weighted by Crippen LogP contribution is 2.19. The third-order valence-corrected chi connectivity index (χ3v) is 2.94. The molecule has 1 unspecified atom stereocenters. The summed E-state index contributed by atoms with van der Waals surface area (Å²) < 4.78 is 15.6. The molecule has 2 aromatic rings. The lowest BCUT2D eigenvalue weighted by Crippen LogP contribution is -2.21. The number of nitrogens with zero attached hydrogens (tertiary/aromatic N) is 2. The number of aromatic nitrogens is 2. The summed E-state index contributed by atoms with van der Waals surface area (Å²) in [5, 5.41) is 3.13. The third-order valence-electron chi connectivity index (χ3n) is 2.94. The number of nitrogens with one attached hydrogen (secondary N) is 1. The van der Waals surface area contributed by atoms with Gasteiger partial charge in [-0.2, -0.15) is 0 Å². The highest BCUT2D eigenvalue weighted by Gasteiger charge is 2.15. The number of hydrogen-bond donors (Lipinski definition) is 1. The van der Waals surface area contributed by atoms with Crippen molar-refractivity contribution in [2.45, 2.75) is 12.5 Å². The van der Waals surface area contributed by atoms with E-state index in [9.17, 15) is 4.39 Å². The number of halogens is 1. The highest BCUT2D eigenvalue weighted by molar-refractivity contribution is 5.22. The van der Waals surface area contributed by atoms with Gasteiger partial charge in [-0.25, -0.2) is 9.37 Å². The summed E-state index contributed by atoms with van der Waals surface area (Å²) in [5.74, 6) is 0.758. The summed E-state index contributed by atoms with van der Waals surface area (Å²) >= 11 is 0. The molecule has 1 N–H and O–H groups in total. The van der Waals surface area contributed by atoms with E-state index in [1.54, 1.807) is 18.3 Å². The fraction of sp³-hybridized carbons (Fsp3) is 0.308. The maximum atomic E-state index is 13.7. The first-order chi connectivity index (χ1) is 8.22. The summed E-state index contributed by atoms with van der Waals surface area (Å²) in [7, 11) is 3.77. The molecule has 1 atom stereocenters. The standard InChI is InChI=1S/C13H16FN3/c1-15-12(9-13-16-7-8-17(13)2)10-5-3-4-6-11(10)14/h3-8,12,15H,9H2,1-2H3. The Kier molecular flexibility index (Phi) is 3.54. The van der Waals surface area contributed by atoms with Crippen molar-refractivity contribution in [3.8, 4) is 0 Å². The topological polar surface area (TPSA) is 29.9 Å². The van der Waals surface area contributed by atoms with E-state index >= 15 is 0 Å². The van der Waals surface area contributed by atoms with Crippen LogP contribution in [0.15, 0.2) is 36.7 Å². The maximum absolute atomic E-state index is 13.7. The summed E-state index contributed by atoms with van der Waals surface area (Å²) in [6.07, 6.45) is 4.31. The van der Waals surface area contributed by atoms with Crippen molar-refractivity contribution >= 4 is 0 Å². The number of hydrogen-bond acceptors (Lipinski definition) is 2. The van der Waals surface area contributed by atoms with Crippen molar-refractivity contribution in [2.75, 3.05) is 7.05 Å². The van der Waals surface area contributed by atoms with Crippen molar-refractivity contribution in [2.24, 2.45) is 7.05 Å². The van der Waals surface area contributed by atoms with Crippen LogP contribution in [0.3, 0.4) is 0 Å². The number of aryl methyl sites for hydroxylation is 1. The van der Waals surface area contributed by atoms with Crippen molar-refractivity contribution < 1.29 is 4.39 Å². The minimum Gasteiger partial charge on any atom is -0.338 e. The smallest absolute Gasteiger partial charge is 0.127 e. The SMILES string of the molecule is CNC(Cc1nccn1C)c1ccccc1F. The van der Waals surface area contributed by atoms with Gasteiger partial charge in [-0.05, 0) is 13.1 Å². The number of rotatable bonds is 4. The number of benzene rings is 1. The van der Waals surface area contributed by atoms with Crippen LogP contribution in [-0.2, 0) is 13.5 Å². The third kappa shape index (κ3) is 2.53. The molecule has 4 heteroatoms. The lowest BCUT2D eigenvalue weighted by molar-refractivity contribution is 0.519. The molecule has 1 aromatic heterocycles. The van der Waals surface area contributed by atoms with Crippen molar-refractivity contribution in [1.29, 1.82) is 0 Å². The van der Waals surface area contributed by atoms with Gasteiger partial charge in [-0.3, -0.25) is 0 Å². The summed E-state index contributed by atoms with van der Waals surface area (Å²) in [5.41, 5.74) is 0.679. The predicted molar refractivity (Wildman–Crippen MR) is 65.1 cm³/mol. The average molecular weight is 233 g/mol. The van der Waals surface area contributed by atoms with E-state index in [2.05, 4.69) is 10.3 Å². The molecular weight excluding hydrogens is 217 g/mol. The van der Waals surface area contributed by atoms with Gasteiger partial charge in [0.15, 0.2) is 0 Å². The Hall–Kier alpha value is -1.68. The summed E-state index contributed by atoms with van der Waals surface area (Å²) in [4.78, 5) is 4.26. The molecule has 0 aliphatic rings. The largest absolute Gasteiger partial charge is 0.338 e. The van der Waals surface area contributed by atoms with E-state index < -0.39 is 0 Å². The van der Waals surface area contributed by atoms with Gasteiger partial charge >= 0.3 is 0 Å². The second kappa shape index (κ2) is 5.10. The zero-order valence-corrected chi connectivity index (χ0v) is 10.0. The number of likely N-dealkylation sites (N-methyl/N-ethyl adjacent to an activating group) is 1. The van der Waals surface area contributed by atoms with E-state index in [0.29, 0.717) is 12.0 Å². The summed E-state index contributed by atoms with van der Waals surface area (Å²) in [6.45, 7) is 0. The van der Waals surface area contributed by atoms with E-state index in [-0.39, 0.29) is 11.9 Å². The van der Waals surface area contributed by atoms with Gasteiger partial charge in [0.2, 0.25) is 0 Å². The van der Waals surface area contributed by atoms with Crippen LogP contribution in [0.1, 0.15) is 17.4 Å². The van der Waals surface area contributed by atoms with Gasteiger partial charge in [0.25, 0.3) is 0 Å². The van der Waals surface area contributed by atoms with Gasteiger partial charge in [-0.15, -0.1) is 0 Å². The molecule has 0 spiro atoms. The zero-order chi connectivity index (χ0) is 12.3. The maximum Gasteiger partial charge on any atom is 0.127 e. The highest BCUT2D eigenvalue weighted by atomic mass is 19.1. The van der Waals surface area contributed by atoms with Crippen LogP contribution < -0.4 is 5.32 Å². The van der Waals surface area contributed by atoms with Crippen molar-refractivity contribution in [3.05, 3.63) is 53.9 Å². The van der Waals surface area contributed by atoms with Gasteiger partial charge in [0, 0.05) is 37.5 Å². The Morgan fingerprint density at radius 3 is 2.76 bits per heavy atom. The Bertz CT molecular complexity index is 493. The van der Waals surface area contributed by atoms with Crippen LogP contribution in [-0.4, -0.2) is 16.6 Å². The normalized spacial score (nSPS) is 12.6. The lowest BCUT2D eigenvalue weighted by Gasteiger charge is -2.17. The second-order valence-corrected chi connectivity index (χ2v) is 4.02. The molecule has 0 amide bonds. The molecule has 1 heterocycles. The van der Waals surface area contributed by atoms with Crippen LogP contribution in [0.2, 0.25) is 0 Å². The first-order valence-corrected chi connectivity index (χ1v) is 5.60.